The van der Waals surface area contributed by atoms with Gasteiger partial charge in [0, 0.05) is 12.8 Å². The fraction of sp³-hybridized carbons (Fsp3) is 0.732. The van der Waals surface area contributed by atoms with Gasteiger partial charge in [-0.15, -0.1) is 0 Å². The van der Waals surface area contributed by atoms with Gasteiger partial charge in [-0.1, -0.05) is 183 Å². The summed E-state index contributed by atoms with van der Waals surface area (Å²) in [4.78, 5) is 37.1. The first-order chi connectivity index (χ1) is 31.6. The lowest BCUT2D eigenvalue weighted by Crippen LogP contribution is -2.44. The van der Waals surface area contributed by atoms with Crippen LogP contribution in [0.2, 0.25) is 0 Å². The highest BCUT2D eigenvalue weighted by Crippen LogP contribution is 2.15. The first-order valence-corrected chi connectivity index (χ1v) is 26.1. The number of carbonyl (C=O) groups excluding carboxylic acids is 3. The maximum Gasteiger partial charge on any atom is 0.306 e. The van der Waals surface area contributed by atoms with Crippen LogP contribution in [0.25, 0.3) is 0 Å². The van der Waals surface area contributed by atoms with Crippen LogP contribution in [0.15, 0.2) is 72.9 Å². The number of unbranched alkanes of at least 4 members (excludes halogenated alkanes) is 20. The van der Waals surface area contributed by atoms with Gasteiger partial charge in [0.15, 0.2) is 12.4 Å². The number of likely N-dealkylation sites (N-methyl/N-ethyl adjacent to an activating group) is 1. The van der Waals surface area contributed by atoms with Crippen molar-refractivity contribution in [1.82, 2.24) is 0 Å². The first-order valence-electron chi connectivity index (χ1n) is 26.1. The third-order valence-electron chi connectivity index (χ3n) is 10.9. The second-order valence-electron chi connectivity index (χ2n) is 18.4. The predicted molar refractivity (Wildman–Crippen MR) is 269 cm³/mol. The van der Waals surface area contributed by atoms with Crippen molar-refractivity contribution in [3.8, 4) is 0 Å². The van der Waals surface area contributed by atoms with Crippen LogP contribution in [-0.2, 0) is 33.3 Å². The predicted octanol–water partition coefficient (Wildman–Crippen LogP) is 13.3. The fourth-order valence-corrected chi connectivity index (χ4v) is 6.91. The Bertz CT molecular complexity index is 1290. The zero-order valence-corrected chi connectivity index (χ0v) is 42.3. The molecule has 0 aliphatic rings. The minimum absolute atomic E-state index is 0.143. The lowest BCUT2D eigenvalue weighted by Gasteiger charge is -2.26. The molecule has 9 heteroatoms. The van der Waals surface area contributed by atoms with E-state index in [0.717, 1.165) is 96.3 Å². The van der Waals surface area contributed by atoms with Crippen molar-refractivity contribution in [1.29, 1.82) is 0 Å². The van der Waals surface area contributed by atoms with Gasteiger partial charge in [0.2, 0.25) is 0 Å². The summed E-state index contributed by atoms with van der Waals surface area (Å²) in [5.74, 6) is -2.30. The number of carboxylic acid groups (broad SMARTS) is 1. The number of ether oxygens (including phenoxy) is 4. The third-order valence-corrected chi connectivity index (χ3v) is 10.9. The molecule has 0 fully saturated rings. The number of aliphatic carboxylic acids is 1. The van der Waals surface area contributed by atoms with Gasteiger partial charge < -0.3 is 33.3 Å². The van der Waals surface area contributed by atoms with E-state index in [1.807, 2.05) is 21.1 Å². The van der Waals surface area contributed by atoms with Crippen molar-refractivity contribution in [2.75, 3.05) is 47.5 Å². The normalized spacial score (nSPS) is 13.4. The number of quaternary nitrogens is 1. The van der Waals surface area contributed by atoms with Gasteiger partial charge in [-0.25, -0.2) is 0 Å². The zero-order chi connectivity index (χ0) is 47.7. The topological polar surface area (TPSA) is 111 Å². The molecule has 0 spiro atoms. The Kier molecular flexibility index (Phi) is 44.9. The summed E-state index contributed by atoms with van der Waals surface area (Å²) in [6.07, 6.45) is 56.5. The standard InChI is InChI=1S/C56H97NO8/c1-6-8-10-12-14-16-18-20-21-22-23-24-25-26-27-28-29-30-31-32-33-35-37-39-41-43-45-47-54(59)65-52(51-64-56(55(60)61)62-49-48-57(3,4)5)50-63-53(58)46-44-42-40-38-36-34-19-17-15-13-11-9-7-2/h8,10,14,16-17,19-21,23-24,26-27,52,56H,6-7,9,11-13,15,18,22,25,28-51H2,1-5H3/b10-8-,16-14-,19-17-,21-20-,24-23-,27-26-. The molecule has 0 aromatic rings. The smallest absolute Gasteiger partial charge is 0.306 e. The van der Waals surface area contributed by atoms with Gasteiger partial charge in [-0.2, -0.15) is 0 Å². The monoisotopic (exact) mass is 912 g/mol. The molecule has 0 radical (unpaired) electrons. The van der Waals surface area contributed by atoms with Crippen molar-refractivity contribution in [2.24, 2.45) is 0 Å². The van der Waals surface area contributed by atoms with Gasteiger partial charge in [-0.3, -0.25) is 9.59 Å². The minimum Gasteiger partial charge on any atom is -0.545 e. The lowest BCUT2D eigenvalue weighted by atomic mass is 10.0. The number of rotatable bonds is 47. The maximum absolute atomic E-state index is 12.8. The second kappa shape index (κ2) is 47.2. The molecule has 0 bridgehead atoms. The first kappa shape index (κ1) is 61.7. The van der Waals surface area contributed by atoms with Crippen LogP contribution >= 0.6 is 0 Å². The Morgan fingerprint density at radius 2 is 0.877 bits per heavy atom. The highest BCUT2D eigenvalue weighted by Gasteiger charge is 2.22. The van der Waals surface area contributed by atoms with Gasteiger partial charge in [0.25, 0.3) is 0 Å². The average Bonchev–Trinajstić information content (AvgIpc) is 3.27. The molecule has 0 aromatic heterocycles. The molecule has 0 rings (SSSR count). The van der Waals surface area contributed by atoms with Crippen LogP contribution in [0.5, 0.6) is 0 Å². The Labute approximate surface area is 398 Å². The summed E-state index contributed by atoms with van der Waals surface area (Å²) in [6.45, 7) is 4.60. The molecule has 2 atom stereocenters. The molecule has 65 heavy (non-hydrogen) atoms. The summed E-state index contributed by atoms with van der Waals surface area (Å²) < 4.78 is 22.6. The van der Waals surface area contributed by atoms with E-state index in [1.165, 1.54) is 77.0 Å². The Morgan fingerprint density at radius 3 is 1.32 bits per heavy atom. The van der Waals surface area contributed by atoms with Crippen molar-refractivity contribution in [3.63, 3.8) is 0 Å². The van der Waals surface area contributed by atoms with E-state index >= 15 is 0 Å². The molecule has 0 heterocycles. The van der Waals surface area contributed by atoms with E-state index < -0.39 is 24.3 Å². The van der Waals surface area contributed by atoms with E-state index in [1.54, 1.807) is 0 Å². The van der Waals surface area contributed by atoms with Gasteiger partial charge >= 0.3 is 11.9 Å². The Hall–Kier alpha value is -3.27. The van der Waals surface area contributed by atoms with Crippen molar-refractivity contribution < 1.29 is 42.9 Å². The molecule has 0 saturated heterocycles. The molecule has 374 valence electrons. The quantitative estimate of drug-likeness (QED) is 0.0195. The maximum atomic E-state index is 12.8. The Balaban J connectivity index is 4.27. The van der Waals surface area contributed by atoms with E-state index in [2.05, 4.69) is 86.8 Å². The highest BCUT2D eigenvalue weighted by atomic mass is 16.7. The number of esters is 2. The van der Waals surface area contributed by atoms with Crippen molar-refractivity contribution in [2.45, 2.75) is 219 Å². The molecule has 0 saturated carbocycles. The van der Waals surface area contributed by atoms with Gasteiger partial charge in [-0.05, 0) is 83.5 Å². The fourth-order valence-electron chi connectivity index (χ4n) is 6.91. The SMILES string of the molecule is CC/C=C\C/C=C\C/C=C\C/C=C\C/C=C\CCCCCCCCCCCCCC(=O)OC(COC(=O)CCCCCCC/C=C\CCCCCC)COC(OCC[N+](C)(C)C)C(=O)[O-]. The van der Waals surface area contributed by atoms with Crippen LogP contribution in [-0.4, -0.2) is 82.3 Å². The largest absolute Gasteiger partial charge is 0.545 e. The zero-order valence-electron chi connectivity index (χ0n) is 42.3. The summed E-state index contributed by atoms with van der Waals surface area (Å²) in [5.41, 5.74) is 0. The van der Waals surface area contributed by atoms with Crippen molar-refractivity contribution in [3.05, 3.63) is 72.9 Å². The minimum atomic E-state index is -1.63. The van der Waals surface area contributed by atoms with E-state index in [0.29, 0.717) is 17.4 Å². The number of hydrogen-bond donors (Lipinski definition) is 0. The number of hydrogen-bond acceptors (Lipinski definition) is 8. The molecule has 0 aliphatic heterocycles. The van der Waals surface area contributed by atoms with Crippen LogP contribution in [0.1, 0.15) is 206 Å². The van der Waals surface area contributed by atoms with Crippen LogP contribution in [0, 0.1) is 0 Å². The molecular formula is C56H97NO8. The molecule has 0 amide bonds. The van der Waals surface area contributed by atoms with E-state index in [-0.39, 0.29) is 38.6 Å². The van der Waals surface area contributed by atoms with Crippen LogP contribution < -0.4 is 5.11 Å². The Morgan fingerprint density at radius 1 is 0.477 bits per heavy atom. The number of allylic oxidation sites excluding steroid dienone is 12. The van der Waals surface area contributed by atoms with E-state index in [4.69, 9.17) is 18.9 Å². The summed E-state index contributed by atoms with van der Waals surface area (Å²) in [7, 11) is 5.91. The third kappa shape index (κ3) is 48.5. The number of carbonyl (C=O) groups is 3. The molecule has 0 N–H and O–H groups in total. The molecule has 0 aliphatic carbocycles. The highest BCUT2D eigenvalue weighted by molar-refractivity contribution is 5.70. The summed E-state index contributed by atoms with van der Waals surface area (Å²) in [6, 6.07) is 0. The summed E-state index contributed by atoms with van der Waals surface area (Å²) >= 11 is 0. The summed E-state index contributed by atoms with van der Waals surface area (Å²) in [5, 5.41) is 11.7. The van der Waals surface area contributed by atoms with Gasteiger partial charge in [0.05, 0.1) is 40.3 Å². The van der Waals surface area contributed by atoms with E-state index in [9.17, 15) is 19.5 Å². The van der Waals surface area contributed by atoms with Crippen LogP contribution in [0.4, 0.5) is 0 Å². The molecule has 9 nitrogen and oxygen atoms in total. The van der Waals surface area contributed by atoms with Crippen LogP contribution in [0.3, 0.4) is 0 Å². The lowest BCUT2D eigenvalue weighted by molar-refractivity contribution is -0.870. The number of nitrogens with zero attached hydrogens (tertiary/aromatic N) is 1. The van der Waals surface area contributed by atoms with Gasteiger partial charge in [0.1, 0.15) is 13.2 Å². The second-order valence-corrected chi connectivity index (χ2v) is 18.4. The number of carboxylic acids is 1. The average molecular weight is 912 g/mol. The molecular weight excluding hydrogens is 815 g/mol. The van der Waals surface area contributed by atoms with Crippen molar-refractivity contribution >= 4 is 17.9 Å². The molecule has 2 unspecified atom stereocenters. The molecule has 0 aromatic carbocycles.